The monoisotopic (exact) mass is 170 g/mol. The molecule has 0 atom stereocenters. The topological polar surface area (TPSA) is 151 Å². The molecule has 8 heteroatoms. The van der Waals surface area contributed by atoms with Gasteiger partial charge in [-0.25, -0.2) is 5.43 Å². The van der Waals surface area contributed by atoms with Crippen molar-refractivity contribution in [2.75, 3.05) is 0 Å². The standard InChI is InChI=1S/C4H10N8/c5-1-2-9-11-4(8)12-10-3(6)7/h1-2,5H,(H4,6,7,10)(H3,8,11,12)/b5-1?,9-2+. The molecule has 0 aromatic carbocycles. The molecule has 0 heterocycles. The van der Waals surface area contributed by atoms with Crippen molar-refractivity contribution in [3.05, 3.63) is 0 Å². The van der Waals surface area contributed by atoms with E-state index >= 15 is 0 Å². The lowest BCUT2D eigenvalue weighted by atomic mass is 10.8. The molecule has 0 fully saturated rings. The van der Waals surface area contributed by atoms with E-state index in [1.807, 2.05) is 0 Å². The molecule has 0 aromatic heterocycles. The van der Waals surface area contributed by atoms with Gasteiger partial charge in [-0.2, -0.15) is 5.10 Å². The zero-order valence-electron chi connectivity index (χ0n) is 6.23. The Morgan fingerprint density at radius 2 is 1.92 bits per heavy atom. The largest absolute Gasteiger partial charge is 0.369 e. The zero-order chi connectivity index (χ0) is 9.40. The minimum atomic E-state index is -0.198. The molecule has 0 aromatic rings. The van der Waals surface area contributed by atoms with Gasteiger partial charge < -0.3 is 22.6 Å². The molecule has 0 bridgehead atoms. The fourth-order valence-electron chi connectivity index (χ4n) is 0.275. The Labute approximate surface area is 68.7 Å². The summed E-state index contributed by atoms with van der Waals surface area (Å²) in [4.78, 5) is 0. The van der Waals surface area contributed by atoms with Crippen molar-refractivity contribution in [3.8, 4) is 0 Å². The number of rotatable bonds is 3. The molecule has 8 nitrogen and oxygen atoms in total. The highest BCUT2D eigenvalue weighted by molar-refractivity contribution is 6.14. The Morgan fingerprint density at radius 1 is 1.25 bits per heavy atom. The van der Waals surface area contributed by atoms with Crippen molar-refractivity contribution >= 4 is 24.3 Å². The average molecular weight is 170 g/mol. The van der Waals surface area contributed by atoms with E-state index < -0.39 is 0 Å². The number of hydrogen-bond acceptors (Lipinski definition) is 4. The van der Waals surface area contributed by atoms with E-state index in [-0.39, 0.29) is 11.9 Å². The molecule has 0 spiro atoms. The summed E-state index contributed by atoms with van der Waals surface area (Å²) >= 11 is 0. The molecule has 0 aliphatic carbocycles. The van der Waals surface area contributed by atoms with Crippen LogP contribution in [0.15, 0.2) is 15.3 Å². The van der Waals surface area contributed by atoms with Gasteiger partial charge in [0.1, 0.15) is 0 Å². The number of hydrogen-bond donors (Lipinski definition) is 5. The van der Waals surface area contributed by atoms with E-state index in [2.05, 4.69) is 20.7 Å². The first-order chi connectivity index (χ1) is 5.66. The van der Waals surface area contributed by atoms with Crippen molar-refractivity contribution in [3.63, 3.8) is 0 Å². The molecule has 0 unspecified atom stereocenters. The summed E-state index contributed by atoms with van der Waals surface area (Å²) in [6, 6.07) is 0. The molecular weight excluding hydrogens is 160 g/mol. The van der Waals surface area contributed by atoms with Crippen molar-refractivity contribution in [2.24, 2.45) is 32.5 Å². The summed E-state index contributed by atoms with van der Waals surface area (Å²) in [5, 5.41) is 16.6. The molecule has 0 amide bonds. The smallest absolute Gasteiger partial charge is 0.234 e. The van der Waals surface area contributed by atoms with Crippen molar-refractivity contribution < 1.29 is 0 Å². The van der Waals surface area contributed by atoms with Crippen LogP contribution in [0.4, 0.5) is 0 Å². The van der Waals surface area contributed by atoms with E-state index in [0.717, 1.165) is 6.21 Å². The van der Waals surface area contributed by atoms with Crippen LogP contribution in [0.3, 0.4) is 0 Å². The predicted molar refractivity (Wildman–Crippen MR) is 47.8 cm³/mol. The lowest BCUT2D eigenvalue weighted by Gasteiger charge is -1.93. The third-order valence-corrected chi connectivity index (χ3v) is 0.601. The number of guanidine groups is 2. The van der Waals surface area contributed by atoms with Gasteiger partial charge in [-0.15, -0.1) is 10.2 Å². The van der Waals surface area contributed by atoms with Crippen molar-refractivity contribution in [1.29, 1.82) is 5.41 Å². The molecule has 12 heavy (non-hydrogen) atoms. The van der Waals surface area contributed by atoms with Crippen LogP contribution in [0.1, 0.15) is 0 Å². The van der Waals surface area contributed by atoms with Crippen LogP contribution in [0.5, 0.6) is 0 Å². The van der Waals surface area contributed by atoms with E-state index in [1.165, 1.54) is 6.21 Å². The SMILES string of the molecule is N=C/C=N/N/C(N)=N/N=C(N)N. The summed E-state index contributed by atoms with van der Waals surface area (Å²) in [6.07, 6.45) is 2.15. The maximum Gasteiger partial charge on any atom is 0.234 e. The van der Waals surface area contributed by atoms with Gasteiger partial charge in [0.05, 0.1) is 6.21 Å². The van der Waals surface area contributed by atoms with Crippen LogP contribution in [0.25, 0.3) is 0 Å². The third-order valence-electron chi connectivity index (χ3n) is 0.601. The average Bonchev–Trinajstić information content (AvgIpc) is 2.01. The minimum absolute atomic E-state index is 0.0681. The molecular formula is C4H10N8. The van der Waals surface area contributed by atoms with Gasteiger partial charge in [-0.05, 0) is 0 Å². The molecule has 0 aliphatic heterocycles. The molecule has 0 saturated carbocycles. The van der Waals surface area contributed by atoms with E-state index in [9.17, 15) is 0 Å². The van der Waals surface area contributed by atoms with Gasteiger partial charge in [0.25, 0.3) is 0 Å². The lowest BCUT2D eigenvalue weighted by molar-refractivity contribution is 0.993. The molecule has 8 N–H and O–H groups in total. The second-order valence-corrected chi connectivity index (χ2v) is 1.57. The Morgan fingerprint density at radius 3 is 2.42 bits per heavy atom. The van der Waals surface area contributed by atoms with E-state index in [0.29, 0.717) is 0 Å². The second kappa shape index (κ2) is 5.65. The third kappa shape index (κ3) is 6.01. The predicted octanol–water partition coefficient (Wildman–Crippen LogP) is -2.29. The molecule has 66 valence electrons. The molecule has 0 rings (SSSR count). The fourth-order valence-corrected chi connectivity index (χ4v) is 0.275. The van der Waals surface area contributed by atoms with Gasteiger partial charge in [0, 0.05) is 6.21 Å². The van der Waals surface area contributed by atoms with Crippen LogP contribution in [-0.4, -0.2) is 24.3 Å². The summed E-state index contributed by atoms with van der Waals surface area (Å²) in [5.41, 5.74) is 17.4. The van der Waals surface area contributed by atoms with Crippen LogP contribution in [0, 0.1) is 5.41 Å². The Bertz CT molecular complexity index is 221. The number of nitrogens with two attached hydrogens (primary N) is 3. The van der Waals surface area contributed by atoms with Gasteiger partial charge in [0.2, 0.25) is 11.9 Å². The highest BCUT2D eigenvalue weighted by atomic mass is 15.4. The summed E-state index contributed by atoms with van der Waals surface area (Å²) in [5.74, 6) is -0.266. The van der Waals surface area contributed by atoms with Crippen LogP contribution < -0.4 is 22.6 Å². The molecule has 0 aliphatic rings. The summed E-state index contributed by atoms with van der Waals surface area (Å²) in [6.45, 7) is 0. The lowest BCUT2D eigenvalue weighted by Crippen LogP contribution is -2.28. The zero-order valence-corrected chi connectivity index (χ0v) is 6.23. The second-order valence-electron chi connectivity index (χ2n) is 1.57. The fraction of sp³-hybridized carbons (Fsp3) is 0. The first kappa shape index (κ1) is 9.88. The molecule has 0 radical (unpaired) electrons. The van der Waals surface area contributed by atoms with Crippen LogP contribution >= 0.6 is 0 Å². The van der Waals surface area contributed by atoms with E-state index in [1.54, 1.807) is 0 Å². The van der Waals surface area contributed by atoms with Gasteiger partial charge in [0.15, 0.2) is 0 Å². The Kier molecular flexibility index (Phi) is 4.65. The first-order valence-electron chi connectivity index (χ1n) is 2.87. The first-order valence-corrected chi connectivity index (χ1v) is 2.87. The maximum atomic E-state index is 6.55. The van der Waals surface area contributed by atoms with Gasteiger partial charge in [-0.1, -0.05) is 0 Å². The Hall–Kier alpha value is -2.12. The van der Waals surface area contributed by atoms with Gasteiger partial charge >= 0.3 is 0 Å². The molecule has 0 saturated heterocycles. The van der Waals surface area contributed by atoms with Crippen molar-refractivity contribution in [2.45, 2.75) is 0 Å². The Balaban J connectivity index is 3.94. The summed E-state index contributed by atoms with van der Waals surface area (Å²) in [7, 11) is 0. The number of nitrogens with zero attached hydrogens (tertiary/aromatic N) is 3. The maximum absolute atomic E-state index is 6.55. The van der Waals surface area contributed by atoms with Crippen LogP contribution in [-0.2, 0) is 0 Å². The van der Waals surface area contributed by atoms with Crippen LogP contribution in [0.2, 0.25) is 0 Å². The highest BCUT2D eigenvalue weighted by Crippen LogP contribution is 1.68. The number of hydrazone groups is 1. The summed E-state index contributed by atoms with van der Waals surface area (Å²) < 4.78 is 0. The van der Waals surface area contributed by atoms with Gasteiger partial charge in [-0.3, -0.25) is 0 Å². The van der Waals surface area contributed by atoms with Crippen molar-refractivity contribution in [1.82, 2.24) is 5.43 Å². The highest BCUT2D eigenvalue weighted by Gasteiger charge is 1.84. The quantitative estimate of drug-likeness (QED) is 0.184. The minimum Gasteiger partial charge on any atom is -0.369 e. The number of nitrogens with one attached hydrogen (secondary N) is 2. The normalized spacial score (nSPS) is 11.2. The van der Waals surface area contributed by atoms with E-state index in [4.69, 9.17) is 22.6 Å².